The lowest BCUT2D eigenvalue weighted by atomic mass is 9.91. The van der Waals surface area contributed by atoms with Gasteiger partial charge in [-0.05, 0) is 25.7 Å². The van der Waals surface area contributed by atoms with E-state index < -0.39 is 9.84 Å². The number of hydrogen-bond acceptors (Lipinski definition) is 5. The van der Waals surface area contributed by atoms with Gasteiger partial charge >= 0.3 is 0 Å². The van der Waals surface area contributed by atoms with E-state index in [2.05, 4.69) is 4.98 Å². The number of aromatic nitrogens is 1. The Labute approximate surface area is 125 Å². The molecule has 1 aliphatic rings. The second-order valence-electron chi connectivity index (χ2n) is 5.61. The summed E-state index contributed by atoms with van der Waals surface area (Å²) in [4.78, 5) is 4.37. The molecule has 0 spiro atoms. The van der Waals surface area contributed by atoms with E-state index in [0.29, 0.717) is 17.4 Å². The average Bonchev–Trinajstić information content (AvgIpc) is 2.86. The smallest absolute Gasteiger partial charge is 0.156 e. The van der Waals surface area contributed by atoms with Crippen LogP contribution in [0.15, 0.2) is 5.38 Å². The maximum absolute atomic E-state index is 12.3. The van der Waals surface area contributed by atoms with Crippen LogP contribution in [0.4, 0.5) is 0 Å². The summed E-state index contributed by atoms with van der Waals surface area (Å²) in [5.74, 6) is 0.737. The van der Waals surface area contributed by atoms with Crippen molar-refractivity contribution in [3.05, 3.63) is 16.1 Å². The molecule has 1 aromatic rings. The molecule has 1 heterocycles. The van der Waals surface area contributed by atoms with Gasteiger partial charge in [0.05, 0.1) is 17.2 Å². The van der Waals surface area contributed by atoms with Crippen molar-refractivity contribution in [2.45, 2.75) is 50.9 Å². The largest absolute Gasteiger partial charge is 0.375 e. The van der Waals surface area contributed by atoms with Crippen molar-refractivity contribution in [1.82, 2.24) is 4.98 Å². The summed E-state index contributed by atoms with van der Waals surface area (Å²) in [5.41, 5.74) is 0.657. The van der Waals surface area contributed by atoms with E-state index in [1.54, 1.807) is 7.11 Å². The lowest BCUT2D eigenvalue weighted by Gasteiger charge is -2.20. The van der Waals surface area contributed by atoms with Crippen LogP contribution in [-0.2, 0) is 20.3 Å². The first-order valence-electron chi connectivity index (χ1n) is 7.17. The molecule has 6 heteroatoms. The van der Waals surface area contributed by atoms with Crippen LogP contribution in [0.5, 0.6) is 0 Å². The van der Waals surface area contributed by atoms with Gasteiger partial charge in [0, 0.05) is 12.5 Å². The number of sulfone groups is 1. The van der Waals surface area contributed by atoms with Gasteiger partial charge in [-0.1, -0.05) is 19.3 Å². The van der Waals surface area contributed by atoms with E-state index in [1.165, 1.54) is 30.6 Å². The Morgan fingerprint density at radius 3 is 2.75 bits per heavy atom. The third kappa shape index (κ3) is 4.53. The van der Waals surface area contributed by atoms with Crippen LogP contribution in [0.25, 0.3) is 0 Å². The van der Waals surface area contributed by atoms with Crippen molar-refractivity contribution in [1.29, 1.82) is 0 Å². The summed E-state index contributed by atoms with van der Waals surface area (Å²) in [6.07, 6.45) is 5.64. The minimum Gasteiger partial charge on any atom is -0.375 e. The fraction of sp³-hybridized carbons (Fsp3) is 0.786. The molecule has 1 atom stereocenters. The van der Waals surface area contributed by atoms with Crippen molar-refractivity contribution in [3.63, 3.8) is 0 Å². The molecule has 2 rings (SSSR count). The number of nitrogens with zero attached hydrogens (tertiary/aromatic N) is 1. The number of hydrogen-bond donors (Lipinski definition) is 0. The fourth-order valence-corrected chi connectivity index (χ4v) is 5.40. The summed E-state index contributed by atoms with van der Waals surface area (Å²) in [7, 11) is -1.42. The Morgan fingerprint density at radius 1 is 1.40 bits per heavy atom. The highest BCUT2D eigenvalue weighted by molar-refractivity contribution is 7.90. The molecule has 0 aromatic carbocycles. The van der Waals surface area contributed by atoms with Gasteiger partial charge < -0.3 is 4.74 Å². The van der Waals surface area contributed by atoms with E-state index in [1.807, 2.05) is 12.3 Å². The Bertz CT molecular complexity index is 518. The predicted octanol–water partition coefficient (Wildman–Crippen LogP) is 3.35. The third-order valence-corrected chi connectivity index (χ3v) is 6.62. The second-order valence-corrected chi connectivity index (χ2v) is 8.61. The minimum atomic E-state index is -3.05. The molecule has 0 N–H and O–H groups in total. The number of thiazole rings is 1. The van der Waals surface area contributed by atoms with E-state index in [4.69, 9.17) is 4.74 Å². The van der Waals surface area contributed by atoms with Crippen molar-refractivity contribution in [2.24, 2.45) is 5.92 Å². The molecule has 114 valence electrons. The zero-order chi connectivity index (χ0) is 14.6. The topological polar surface area (TPSA) is 56.3 Å². The summed E-state index contributed by atoms with van der Waals surface area (Å²) in [6.45, 7) is 1.92. The molecule has 0 aliphatic heterocycles. The molecular formula is C14H23NO3S2. The molecule has 4 nitrogen and oxygen atoms in total. The highest BCUT2D eigenvalue weighted by Gasteiger charge is 2.23. The zero-order valence-corrected chi connectivity index (χ0v) is 13.8. The van der Waals surface area contributed by atoms with E-state index in [9.17, 15) is 8.42 Å². The third-order valence-electron chi connectivity index (χ3n) is 3.85. The lowest BCUT2D eigenvalue weighted by Crippen LogP contribution is -2.20. The zero-order valence-electron chi connectivity index (χ0n) is 12.2. The molecule has 0 amide bonds. The van der Waals surface area contributed by atoms with Crippen LogP contribution in [0, 0.1) is 5.92 Å². The van der Waals surface area contributed by atoms with Crippen molar-refractivity contribution in [3.8, 4) is 0 Å². The van der Waals surface area contributed by atoms with E-state index in [-0.39, 0.29) is 11.9 Å². The first-order valence-corrected chi connectivity index (χ1v) is 9.88. The Balaban J connectivity index is 1.95. The molecule has 0 saturated heterocycles. The number of rotatable bonds is 6. The van der Waals surface area contributed by atoms with Gasteiger partial charge in [0.2, 0.25) is 0 Å². The van der Waals surface area contributed by atoms with Crippen LogP contribution < -0.4 is 0 Å². The molecule has 1 fully saturated rings. The summed E-state index contributed by atoms with van der Waals surface area (Å²) in [6, 6.07) is 0. The summed E-state index contributed by atoms with van der Waals surface area (Å²) < 4.78 is 29.7. The lowest BCUT2D eigenvalue weighted by molar-refractivity contribution is 0.119. The highest BCUT2D eigenvalue weighted by atomic mass is 32.2. The van der Waals surface area contributed by atoms with Crippen molar-refractivity contribution >= 4 is 21.2 Å². The fourth-order valence-electron chi connectivity index (χ4n) is 2.67. The van der Waals surface area contributed by atoms with Gasteiger partial charge in [0.15, 0.2) is 9.84 Å². The van der Waals surface area contributed by atoms with E-state index >= 15 is 0 Å². The number of methoxy groups -OCH3 is 1. The summed E-state index contributed by atoms with van der Waals surface area (Å²) in [5, 5.41) is 2.68. The van der Waals surface area contributed by atoms with Crippen LogP contribution in [0.3, 0.4) is 0 Å². The second kappa shape index (κ2) is 7.00. The monoisotopic (exact) mass is 317 g/mol. The first-order chi connectivity index (χ1) is 9.50. The predicted molar refractivity (Wildman–Crippen MR) is 81.6 cm³/mol. The van der Waals surface area contributed by atoms with Crippen LogP contribution in [0.2, 0.25) is 0 Å². The Hall–Kier alpha value is -0.460. The van der Waals surface area contributed by atoms with Crippen LogP contribution in [0.1, 0.15) is 55.8 Å². The average molecular weight is 317 g/mol. The van der Waals surface area contributed by atoms with Gasteiger partial charge in [0.1, 0.15) is 11.1 Å². The SMILES string of the molecule is COC(C)c1nc(CS(=O)(=O)CC2CCCCC2)cs1. The van der Waals surface area contributed by atoms with E-state index in [0.717, 1.165) is 17.8 Å². The molecule has 0 radical (unpaired) electrons. The van der Waals surface area contributed by atoms with Gasteiger partial charge in [-0.15, -0.1) is 11.3 Å². The van der Waals surface area contributed by atoms with Gasteiger partial charge in [-0.25, -0.2) is 13.4 Å². The number of ether oxygens (including phenoxy) is 1. The minimum absolute atomic E-state index is 0.0659. The summed E-state index contributed by atoms with van der Waals surface area (Å²) >= 11 is 1.47. The molecule has 0 bridgehead atoms. The normalized spacial score (nSPS) is 19.1. The van der Waals surface area contributed by atoms with Crippen LogP contribution >= 0.6 is 11.3 Å². The maximum Gasteiger partial charge on any atom is 0.156 e. The molecule has 1 aromatic heterocycles. The molecule has 1 aliphatic carbocycles. The Morgan fingerprint density at radius 2 is 2.10 bits per heavy atom. The van der Waals surface area contributed by atoms with Crippen molar-refractivity contribution in [2.75, 3.05) is 12.9 Å². The molecule has 1 unspecified atom stereocenters. The maximum atomic E-state index is 12.3. The quantitative estimate of drug-likeness (QED) is 0.807. The Kier molecular flexibility index (Phi) is 5.57. The highest BCUT2D eigenvalue weighted by Crippen LogP contribution is 2.26. The molecule has 1 saturated carbocycles. The first kappa shape index (κ1) is 15.9. The molecule has 20 heavy (non-hydrogen) atoms. The van der Waals surface area contributed by atoms with Gasteiger partial charge in [0.25, 0.3) is 0 Å². The van der Waals surface area contributed by atoms with Gasteiger partial charge in [-0.3, -0.25) is 0 Å². The van der Waals surface area contributed by atoms with Crippen molar-refractivity contribution < 1.29 is 13.2 Å². The van der Waals surface area contributed by atoms with Crippen LogP contribution in [-0.4, -0.2) is 26.3 Å². The standard InChI is InChI=1S/C14H23NO3S2/c1-11(18-2)14-15-13(8-19-14)10-20(16,17)9-12-6-4-3-5-7-12/h8,11-12H,3-7,9-10H2,1-2H3. The van der Waals surface area contributed by atoms with Gasteiger partial charge in [-0.2, -0.15) is 0 Å². The molecular weight excluding hydrogens is 294 g/mol.